The van der Waals surface area contributed by atoms with Crippen molar-refractivity contribution in [2.75, 3.05) is 13.2 Å². The third-order valence-electron chi connectivity index (χ3n) is 1.77. The SMILES string of the molecule is Cl.O=C(O)N[C@@H]1CN[C@@H](CO)C1. The monoisotopic (exact) mass is 196 g/mol. The molecule has 4 N–H and O–H groups in total. The van der Waals surface area contributed by atoms with Gasteiger partial charge < -0.3 is 20.8 Å². The first-order valence-electron chi connectivity index (χ1n) is 3.56. The summed E-state index contributed by atoms with van der Waals surface area (Å²) < 4.78 is 0. The predicted octanol–water partition coefficient (Wildman–Crippen LogP) is -0.601. The molecule has 0 radical (unpaired) electrons. The summed E-state index contributed by atoms with van der Waals surface area (Å²) in [5.74, 6) is 0. The normalized spacial score (nSPS) is 27.8. The van der Waals surface area contributed by atoms with Gasteiger partial charge >= 0.3 is 6.09 Å². The molecule has 0 aromatic heterocycles. The lowest BCUT2D eigenvalue weighted by Crippen LogP contribution is -2.34. The van der Waals surface area contributed by atoms with Crippen LogP contribution in [0.3, 0.4) is 0 Å². The second kappa shape index (κ2) is 5.18. The molecule has 0 aromatic rings. The van der Waals surface area contributed by atoms with E-state index in [1.54, 1.807) is 0 Å². The minimum absolute atomic E-state index is 0. The molecule has 1 fully saturated rings. The van der Waals surface area contributed by atoms with Crippen molar-refractivity contribution >= 4 is 18.5 Å². The molecule has 1 heterocycles. The Morgan fingerprint density at radius 2 is 2.33 bits per heavy atom. The predicted molar refractivity (Wildman–Crippen MR) is 45.7 cm³/mol. The van der Waals surface area contributed by atoms with Crippen molar-refractivity contribution in [2.45, 2.75) is 18.5 Å². The van der Waals surface area contributed by atoms with Crippen LogP contribution in [0, 0.1) is 0 Å². The van der Waals surface area contributed by atoms with Crippen molar-refractivity contribution in [3.8, 4) is 0 Å². The van der Waals surface area contributed by atoms with E-state index in [4.69, 9.17) is 10.2 Å². The maximum atomic E-state index is 10.1. The molecule has 1 saturated heterocycles. The minimum Gasteiger partial charge on any atom is -0.465 e. The number of nitrogens with one attached hydrogen (secondary N) is 2. The quantitative estimate of drug-likeness (QED) is 0.476. The van der Waals surface area contributed by atoms with Crippen molar-refractivity contribution in [3.63, 3.8) is 0 Å². The number of aliphatic hydroxyl groups excluding tert-OH is 1. The molecule has 0 unspecified atom stereocenters. The summed E-state index contributed by atoms with van der Waals surface area (Å²) in [6.07, 6.45) is -0.335. The first-order valence-corrected chi connectivity index (χ1v) is 3.56. The Kier molecular flexibility index (Phi) is 4.96. The van der Waals surface area contributed by atoms with Gasteiger partial charge in [-0.3, -0.25) is 0 Å². The maximum absolute atomic E-state index is 10.1. The van der Waals surface area contributed by atoms with Crippen LogP contribution >= 0.6 is 12.4 Å². The Morgan fingerprint density at radius 1 is 1.67 bits per heavy atom. The largest absolute Gasteiger partial charge is 0.465 e. The first-order chi connectivity index (χ1) is 5.22. The number of rotatable bonds is 2. The summed E-state index contributed by atoms with van der Waals surface area (Å²) in [6.45, 7) is 0.676. The minimum atomic E-state index is -1.00. The molecule has 0 spiro atoms. The molecule has 2 atom stereocenters. The van der Waals surface area contributed by atoms with Gasteiger partial charge in [-0.1, -0.05) is 0 Å². The Morgan fingerprint density at radius 3 is 2.75 bits per heavy atom. The van der Waals surface area contributed by atoms with Crippen LogP contribution in [0.15, 0.2) is 0 Å². The number of carbonyl (C=O) groups is 1. The average Bonchev–Trinajstić information content (AvgIpc) is 2.34. The third-order valence-corrected chi connectivity index (χ3v) is 1.77. The van der Waals surface area contributed by atoms with Gasteiger partial charge in [-0.05, 0) is 6.42 Å². The van der Waals surface area contributed by atoms with Crippen LogP contribution in [-0.2, 0) is 0 Å². The molecule has 1 aliphatic heterocycles. The number of hydrogen-bond donors (Lipinski definition) is 4. The van der Waals surface area contributed by atoms with Crippen LogP contribution in [0.4, 0.5) is 4.79 Å². The molecule has 0 saturated carbocycles. The van der Waals surface area contributed by atoms with Gasteiger partial charge in [0.25, 0.3) is 0 Å². The van der Waals surface area contributed by atoms with Gasteiger partial charge in [-0.2, -0.15) is 0 Å². The van der Waals surface area contributed by atoms with Gasteiger partial charge in [-0.25, -0.2) is 4.79 Å². The van der Waals surface area contributed by atoms with Crippen LogP contribution in [0.2, 0.25) is 0 Å². The second-order valence-electron chi connectivity index (χ2n) is 2.67. The number of aliphatic hydroxyl groups is 1. The van der Waals surface area contributed by atoms with Gasteiger partial charge in [-0.15, -0.1) is 12.4 Å². The van der Waals surface area contributed by atoms with Crippen LogP contribution in [0.1, 0.15) is 6.42 Å². The Labute approximate surface area is 76.6 Å². The Balaban J connectivity index is 0.00000121. The fraction of sp³-hybridized carbons (Fsp3) is 0.833. The van der Waals surface area contributed by atoms with E-state index in [9.17, 15) is 4.79 Å². The van der Waals surface area contributed by atoms with Crippen molar-refractivity contribution in [1.82, 2.24) is 10.6 Å². The van der Waals surface area contributed by atoms with E-state index in [-0.39, 0.29) is 31.1 Å². The van der Waals surface area contributed by atoms with E-state index >= 15 is 0 Å². The fourth-order valence-electron chi connectivity index (χ4n) is 1.24. The Bertz CT molecular complexity index is 156. The third kappa shape index (κ3) is 3.25. The zero-order valence-corrected chi connectivity index (χ0v) is 7.30. The topological polar surface area (TPSA) is 81.6 Å². The van der Waals surface area contributed by atoms with Crippen LogP contribution in [0.5, 0.6) is 0 Å². The molecular formula is C6H13ClN2O3. The molecule has 12 heavy (non-hydrogen) atoms. The fourth-order valence-corrected chi connectivity index (χ4v) is 1.24. The van der Waals surface area contributed by atoms with Crippen molar-refractivity contribution in [3.05, 3.63) is 0 Å². The zero-order valence-electron chi connectivity index (χ0n) is 6.49. The average molecular weight is 197 g/mol. The van der Waals surface area contributed by atoms with Crippen molar-refractivity contribution in [2.24, 2.45) is 0 Å². The summed E-state index contributed by atoms with van der Waals surface area (Å²) in [5, 5.41) is 22.3. The lowest BCUT2D eigenvalue weighted by atomic mass is 10.2. The molecule has 72 valence electrons. The van der Waals surface area contributed by atoms with E-state index in [2.05, 4.69) is 10.6 Å². The molecule has 0 aromatic carbocycles. The van der Waals surface area contributed by atoms with E-state index in [1.165, 1.54) is 0 Å². The number of hydrogen-bond acceptors (Lipinski definition) is 3. The second-order valence-corrected chi connectivity index (χ2v) is 2.67. The molecule has 1 amide bonds. The van der Waals surface area contributed by atoms with E-state index in [0.29, 0.717) is 13.0 Å². The van der Waals surface area contributed by atoms with Gasteiger partial charge in [0.1, 0.15) is 0 Å². The van der Waals surface area contributed by atoms with Crippen LogP contribution in [0.25, 0.3) is 0 Å². The maximum Gasteiger partial charge on any atom is 0.404 e. The smallest absolute Gasteiger partial charge is 0.404 e. The van der Waals surface area contributed by atoms with Gasteiger partial charge in [0.15, 0.2) is 0 Å². The summed E-state index contributed by atoms with van der Waals surface area (Å²) in [4.78, 5) is 10.1. The molecular weight excluding hydrogens is 184 g/mol. The van der Waals surface area contributed by atoms with Gasteiger partial charge in [0.05, 0.1) is 6.61 Å². The number of halogens is 1. The van der Waals surface area contributed by atoms with Crippen molar-refractivity contribution < 1.29 is 15.0 Å². The first kappa shape index (κ1) is 11.5. The standard InChI is InChI=1S/C6H12N2O3.ClH/c9-3-5-1-4(2-7-5)8-6(10)11;/h4-5,7-9H,1-3H2,(H,10,11);1H/t4-,5+;/m0./s1. The highest BCUT2D eigenvalue weighted by Crippen LogP contribution is 2.04. The molecule has 1 aliphatic rings. The van der Waals surface area contributed by atoms with Gasteiger partial charge in [0.2, 0.25) is 0 Å². The highest BCUT2D eigenvalue weighted by Gasteiger charge is 2.23. The summed E-state index contributed by atoms with van der Waals surface area (Å²) >= 11 is 0. The number of amides is 1. The summed E-state index contributed by atoms with van der Waals surface area (Å²) in [6, 6.07) is -0.00324. The number of carboxylic acid groups (broad SMARTS) is 1. The molecule has 0 bridgehead atoms. The summed E-state index contributed by atoms with van der Waals surface area (Å²) in [7, 11) is 0. The van der Waals surface area contributed by atoms with E-state index in [0.717, 1.165) is 0 Å². The van der Waals surface area contributed by atoms with Crippen LogP contribution in [-0.4, -0.2) is 41.5 Å². The van der Waals surface area contributed by atoms with Crippen LogP contribution < -0.4 is 10.6 Å². The van der Waals surface area contributed by atoms with Crippen molar-refractivity contribution in [1.29, 1.82) is 0 Å². The Hall–Kier alpha value is -0.520. The van der Waals surface area contributed by atoms with E-state index in [1.807, 2.05) is 0 Å². The highest BCUT2D eigenvalue weighted by molar-refractivity contribution is 5.85. The molecule has 0 aliphatic carbocycles. The zero-order chi connectivity index (χ0) is 8.27. The molecule has 6 heteroatoms. The molecule has 1 rings (SSSR count). The highest BCUT2D eigenvalue weighted by atomic mass is 35.5. The van der Waals surface area contributed by atoms with Gasteiger partial charge in [0, 0.05) is 18.6 Å². The lowest BCUT2D eigenvalue weighted by Gasteiger charge is -2.07. The summed E-state index contributed by atoms with van der Waals surface area (Å²) in [5.41, 5.74) is 0. The van der Waals surface area contributed by atoms with E-state index < -0.39 is 6.09 Å². The lowest BCUT2D eigenvalue weighted by molar-refractivity contribution is 0.190. The molecule has 5 nitrogen and oxygen atoms in total.